The van der Waals surface area contributed by atoms with Crippen LogP contribution in [0.4, 0.5) is 0 Å². The highest BCUT2D eigenvalue weighted by Gasteiger charge is 2.33. The number of hydrogen-bond donors (Lipinski definition) is 0. The quantitative estimate of drug-likeness (QED) is 0.302. The lowest BCUT2D eigenvalue weighted by molar-refractivity contribution is -0.158. The number of carbonyl (C=O) groups is 2. The molecular weight excluding hydrogens is 224 g/mol. The van der Waals surface area contributed by atoms with Crippen molar-refractivity contribution in [3.63, 3.8) is 0 Å². The van der Waals surface area contributed by atoms with Crippen LogP contribution in [0.5, 0.6) is 0 Å². The van der Waals surface area contributed by atoms with Gasteiger partial charge < -0.3 is 14.2 Å². The summed E-state index contributed by atoms with van der Waals surface area (Å²) in [7, 11) is 0. The molecule has 0 aromatic rings. The minimum atomic E-state index is -0.994. The maximum absolute atomic E-state index is 11.6. The van der Waals surface area contributed by atoms with Crippen LogP contribution in [0.15, 0.2) is 12.2 Å². The Bertz CT molecular complexity index is 292. The number of ether oxygens (including phenoxy) is 3. The van der Waals surface area contributed by atoms with Gasteiger partial charge in [0.15, 0.2) is 5.92 Å². The van der Waals surface area contributed by atoms with Crippen LogP contribution in [0.25, 0.3) is 0 Å². The van der Waals surface area contributed by atoms with Crippen molar-refractivity contribution in [3.05, 3.63) is 12.2 Å². The molecule has 96 valence electrons. The van der Waals surface area contributed by atoms with Crippen LogP contribution >= 0.6 is 0 Å². The lowest BCUT2D eigenvalue weighted by atomic mass is 10.1. The normalized spacial score (nSPS) is 22.8. The number of esters is 2. The summed E-state index contributed by atoms with van der Waals surface area (Å²) in [5.74, 6) is -2.17. The van der Waals surface area contributed by atoms with E-state index in [0.29, 0.717) is 0 Å². The Kier molecular flexibility index (Phi) is 5.15. The van der Waals surface area contributed by atoms with Crippen LogP contribution in [0.1, 0.15) is 20.8 Å². The SMILES string of the molecule is CCOC(=O)C(/C=C/[C@@H]1O[C@H]1C)C(=O)OCC. The number of carbonyl (C=O) groups excluding carboxylic acids is 2. The van der Waals surface area contributed by atoms with E-state index in [-0.39, 0.29) is 25.4 Å². The minimum absolute atomic E-state index is 0.0126. The predicted molar refractivity (Wildman–Crippen MR) is 60.2 cm³/mol. The van der Waals surface area contributed by atoms with Crippen molar-refractivity contribution in [1.29, 1.82) is 0 Å². The molecule has 5 nitrogen and oxygen atoms in total. The third kappa shape index (κ3) is 4.19. The molecule has 0 spiro atoms. The van der Waals surface area contributed by atoms with Gasteiger partial charge in [-0.2, -0.15) is 0 Å². The number of epoxide rings is 1. The average molecular weight is 242 g/mol. The van der Waals surface area contributed by atoms with Gasteiger partial charge >= 0.3 is 11.9 Å². The zero-order valence-electron chi connectivity index (χ0n) is 10.3. The van der Waals surface area contributed by atoms with Gasteiger partial charge in [0.25, 0.3) is 0 Å². The standard InChI is InChI=1S/C12H18O5/c1-4-15-11(13)9(12(14)16-5-2)6-7-10-8(3)17-10/h6-10H,4-5H2,1-3H3/b7-6+/t8-,10-/m0/s1. The van der Waals surface area contributed by atoms with Crippen LogP contribution in [-0.4, -0.2) is 37.4 Å². The van der Waals surface area contributed by atoms with E-state index >= 15 is 0 Å². The van der Waals surface area contributed by atoms with Crippen molar-refractivity contribution in [3.8, 4) is 0 Å². The lowest BCUT2D eigenvalue weighted by Crippen LogP contribution is -2.26. The Morgan fingerprint density at radius 2 is 1.71 bits per heavy atom. The van der Waals surface area contributed by atoms with Crippen LogP contribution < -0.4 is 0 Å². The Morgan fingerprint density at radius 3 is 2.06 bits per heavy atom. The smallest absolute Gasteiger partial charge is 0.324 e. The highest BCUT2D eigenvalue weighted by molar-refractivity contribution is 5.97. The second-order valence-electron chi connectivity index (χ2n) is 3.67. The van der Waals surface area contributed by atoms with Crippen LogP contribution in [0.2, 0.25) is 0 Å². The molecule has 1 saturated heterocycles. The van der Waals surface area contributed by atoms with Gasteiger partial charge in [0, 0.05) is 0 Å². The van der Waals surface area contributed by atoms with Gasteiger partial charge in [-0.25, -0.2) is 0 Å². The molecule has 0 aliphatic carbocycles. The molecule has 0 amide bonds. The highest BCUT2D eigenvalue weighted by atomic mass is 16.6. The molecule has 1 rings (SSSR count). The van der Waals surface area contributed by atoms with Gasteiger partial charge in [-0.05, 0) is 20.8 Å². The van der Waals surface area contributed by atoms with Crippen molar-refractivity contribution >= 4 is 11.9 Å². The molecule has 2 atom stereocenters. The summed E-state index contributed by atoms with van der Waals surface area (Å²) < 4.78 is 14.8. The Labute approximate surface area is 101 Å². The first-order valence-corrected chi connectivity index (χ1v) is 5.77. The van der Waals surface area contributed by atoms with Crippen molar-refractivity contribution in [1.82, 2.24) is 0 Å². The summed E-state index contributed by atoms with van der Waals surface area (Å²) in [5.41, 5.74) is 0. The topological polar surface area (TPSA) is 65.1 Å². The van der Waals surface area contributed by atoms with Crippen LogP contribution in [0.3, 0.4) is 0 Å². The van der Waals surface area contributed by atoms with E-state index < -0.39 is 17.9 Å². The summed E-state index contributed by atoms with van der Waals surface area (Å²) >= 11 is 0. The first-order valence-electron chi connectivity index (χ1n) is 5.77. The maximum atomic E-state index is 11.6. The van der Waals surface area contributed by atoms with Crippen molar-refractivity contribution in [2.45, 2.75) is 33.0 Å². The second kappa shape index (κ2) is 6.39. The van der Waals surface area contributed by atoms with Crippen molar-refractivity contribution in [2.24, 2.45) is 5.92 Å². The fraction of sp³-hybridized carbons (Fsp3) is 0.667. The lowest BCUT2D eigenvalue weighted by Gasteiger charge is -2.10. The molecule has 1 aliphatic heterocycles. The zero-order valence-corrected chi connectivity index (χ0v) is 10.3. The molecule has 1 heterocycles. The third-order valence-corrected chi connectivity index (χ3v) is 2.33. The van der Waals surface area contributed by atoms with E-state index in [2.05, 4.69) is 0 Å². The summed E-state index contributed by atoms with van der Waals surface area (Å²) in [6.45, 7) is 5.77. The monoisotopic (exact) mass is 242 g/mol. The largest absolute Gasteiger partial charge is 0.465 e. The summed E-state index contributed by atoms with van der Waals surface area (Å²) in [6.07, 6.45) is 3.32. The summed E-state index contributed by atoms with van der Waals surface area (Å²) in [5, 5.41) is 0. The zero-order chi connectivity index (χ0) is 12.8. The molecule has 0 bridgehead atoms. The van der Waals surface area contributed by atoms with Gasteiger partial charge in [-0.15, -0.1) is 0 Å². The molecule has 5 heteroatoms. The van der Waals surface area contributed by atoms with Gasteiger partial charge in [-0.1, -0.05) is 12.2 Å². The van der Waals surface area contributed by atoms with Crippen LogP contribution in [0, 0.1) is 5.92 Å². The molecule has 0 saturated carbocycles. The van der Waals surface area contributed by atoms with E-state index in [1.54, 1.807) is 19.9 Å². The molecular formula is C12H18O5. The summed E-state index contributed by atoms with van der Waals surface area (Å²) in [6, 6.07) is 0. The fourth-order valence-corrected chi connectivity index (χ4v) is 1.34. The van der Waals surface area contributed by atoms with E-state index in [0.717, 1.165) is 0 Å². The van der Waals surface area contributed by atoms with E-state index in [1.807, 2.05) is 6.92 Å². The van der Waals surface area contributed by atoms with E-state index in [4.69, 9.17) is 14.2 Å². The van der Waals surface area contributed by atoms with Crippen molar-refractivity contribution in [2.75, 3.05) is 13.2 Å². The maximum Gasteiger partial charge on any atom is 0.324 e. The van der Waals surface area contributed by atoms with Crippen molar-refractivity contribution < 1.29 is 23.8 Å². The van der Waals surface area contributed by atoms with Gasteiger partial charge in [0.1, 0.15) is 6.10 Å². The molecule has 0 unspecified atom stereocenters. The Morgan fingerprint density at radius 1 is 1.24 bits per heavy atom. The molecule has 1 fully saturated rings. The van der Waals surface area contributed by atoms with Gasteiger partial charge in [0.05, 0.1) is 19.3 Å². The molecule has 17 heavy (non-hydrogen) atoms. The Balaban J connectivity index is 2.60. The molecule has 0 aromatic carbocycles. The molecule has 0 N–H and O–H groups in total. The minimum Gasteiger partial charge on any atom is -0.465 e. The first-order chi connectivity index (χ1) is 8.10. The van der Waals surface area contributed by atoms with Gasteiger partial charge in [0.2, 0.25) is 0 Å². The Hall–Kier alpha value is -1.36. The van der Waals surface area contributed by atoms with E-state index in [1.165, 1.54) is 6.08 Å². The predicted octanol–water partition coefficient (Wildman–Crippen LogP) is 1.07. The number of rotatable bonds is 6. The second-order valence-corrected chi connectivity index (χ2v) is 3.67. The first kappa shape index (κ1) is 13.7. The average Bonchev–Trinajstić information content (AvgIpc) is 2.95. The molecule has 0 radical (unpaired) electrons. The molecule has 0 aromatic heterocycles. The molecule has 1 aliphatic rings. The highest BCUT2D eigenvalue weighted by Crippen LogP contribution is 2.23. The van der Waals surface area contributed by atoms with E-state index in [9.17, 15) is 9.59 Å². The number of hydrogen-bond acceptors (Lipinski definition) is 5. The fourth-order valence-electron chi connectivity index (χ4n) is 1.34. The summed E-state index contributed by atoms with van der Waals surface area (Å²) in [4.78, 5) is 23.1. The van der Waals surface area contributed by atoms with Crippen LogP contribution in [-0.2, 0) is 23.8 Å². The third-order valence-electron chi connectivity index (χ3n) is 2.33. The van der Waals surface area contributed by atoms with Gasteiger partial charge in [-0.3, -0.25) is 9.59 Å².